The molecule has 1 aromatic rings. The van der Waals surface area contributed by atoms with Crippen LogP contribution < -0.4 is 10.1 Å². The van der Waals surface area contributed by atoms with Gasteiger partial charge in [0.25, 0.3) is 0 Å². The van der Waals surface area contributed by atoms with Gasteiger partial charge in [0, 0.05) is 12.6 Å². The van der Waals surface area contributed by atoms with Crippen molar-refractivity contribution >= 4 is 0 Å². The van der Waals surface area contributed by atoms with Crippen molar-refractivity contribution in [3.05, 3.63) is 29.8 Å². The maximum Gasteiger partial charge on any atom is 0.119 e. The fourth-order valence-electron chi connectivity index (χ4n) is 1.89. The molecule has 0 heterocycles. The maximum atomic E-state index is 5.68. The van der Waals surface area contributed by atoms with Crippen molar-refractivity contribution in [2.45, 2.75) is 26.3 Å². The second-order valence-electron chi connectivity index (χ2n) is 4.74. The third kappa shape index (κ3) is 5.07. The molecule has 0 radical (unpaired) electrons. The lowest BCUT2D eigenvalue weighted by Gasteiger charge is -2.17. The summed E-state index contributed by atoms with van der Waals surface area (Å²) in [5.41, 5.74) is 1.33. The molecule has 0 aliphatic heterocycles. The number of rotatable bonds is 8. The van der Waals surface area contributed by atoms with Crippen molar-refractivity contribution in [2.24, 2.45) is 0 Å². The number of likely N-dealkylation sites (N-methyl/N-ethyl adjacent to an activating group) is 1. The van der Waals surface area contributed by atoms with Crippen molar-refractivity contribution in [2.75, 3.05) is 33.8 Å². The molecule has 18 heavy (non-hydrogen) atoms. The van der Waals surface area contributed by atoms with E-state index >= 15 is 0 Å². The molecule has 1 atom stereocenters. The van der Waals surface area contributed by atoms with Crippen LogP contribution in [0.4, 0.5) is 0 Å². The van der Waals surface area contributed by atoms with E-state index in [2.05, 4.69) is 62.4 Å². The summed E-state index contributed by atoms with van der Waals surface area (Å²) in [7, 11) is 4.10. The van der Waals surface area contributed by atoms with E-state index in [1.54, 1.807) is 0 Å². The van der Waals surface area contributed by atoms with E-state index in [1.807, 2.05) is 0 Å². The Morgan fingerprint density at radius 1 is 1.17 bits per heavy atom. The highest BCUT2D eigenvalue weighted by molar-refractivity contribution is 5.29. The second-order valence-corrected chi connectivity index (χ2v) is 4.74. The van der Waals surface area contributed by atoms with Crippen molar-refractivity contribution in [3.63, 3.8) is 0 Å². The zero-order valence-corrected chi connectivity index (χ0v) is 12.1. The first-order chi connectivity index (χ1) is 8.67. The minimum atomic E-state index is 0.450. The minimum Gasteiger partial charge on any atom is -0.492 e. The van der Waals surface area contributed by atoms with Gasteiger partial charge in [-0.3, -0.25) is 0 Å². The fourth-order valence-corrected chi connectivity index (χ4v) is 1.89. The predicted octanol–water partition coefficient (Wildman–Crippen LogP) is 2.69. The topological polar surface area (TPSA) is 24.5 Å². The smallest absolute Gasteiger partial charge is 0.119 e. The summed E-state index contributed by atoms with van der Waals surface area (Å²) in [4.78, 5) is 2.12. The largest absolute Gasteiger partial charge is 0.492 e. The van der Waals surface area contributed by atoms with Crippen LogP contribution >= 0.6 is 0 Å². The number of nitrogens with zero attached hydrogens (tertiary/aromatic N) is 1. The maximum absolute atomic E-state index is 5.68. The molecule has 1 N–H and O–H groups in total. The van der Waals surface area contributed by atoms with Gasteiger partial charge in [-0.1, -0.05) is 26.0 Å². The van der Waals surface area contributed by atoms with E-state index < -0.39 is 0 Å². The second kappa shape index (κ2) is 8.11. The molecule has 0 saturated heterocycles. The number of ether oxygens (including phenoxy) is 1. The number of hydrogen-bond acceptors (Lipinski definition) is 3. The Hall–Kier alpha value is -1.06. The summed E-state index contributed by atoms with van der Waals surface area (Å²) in [6.45, 7) is 7.02. The van der Waals surface area contributed by atoms with E-state index in [9.17, 15) is 0 Å². The monoisotopic (exact) mass is 250 g/mol. The van der Waals surface area contributed by atoms with Gasteiger partial charge in [0.05, 0.1) is 0 Å². The molecular weight excluding hydrogens is 224 g/mol. The zero-order valence-electron chi connectivity index (χ0n) is 12.1. The van der Waals surface area contributed by atoms with Gasteiger partial charge in [0.15, 0.2) is 0 Å². The molecule has 1 aromatic carbocycles. The summed E-state index contributed by atoms with van der Waals surface area (Å²) in [5.74, 6) is 0.951. The van der Waals surface area contributed by atoms with Crippen LogP contribution in [0.2, 0.25) is 0 Å². The molecule has 0 spiro atoms. The first kappa shape index (κ1) is 15.0. The first-order valence-corrected chi connectivity index (χ1v) is 6.78. The zero-order chi connectivity index (χ0) is 13.4. The number of benzene rings is 1. The molecule has 3 heteroatoms. The van der Waals surface area contributed by atoms with Crippen LogP contribution in [-0.4, -0.2) is 38.7 Å². The van der Waals surface area contributed by atoms with Gasteiger partial charge >= 0.3 is 0 Å². The first-order valence-electron chi connectivity index (χ1n) is 6.78. The van der Waals surface area contributed by atoms with E-state index in [0.717, 1.165) is 31.9 Å². The molecule has 0 saturated carbocycles. The SMILES string of the molecule is CCNC(CC)c1ccc(OCCN(C)C)cc1. The molecular formula is C15H26N2O. The van der Waals surface area contributed by atoms with Crippen molar-refractivity contribution in [3.8, 4) is 5.75 Å². The van der Waals surface area contributed by atoms with E-state index in [-0.39, 0.29) is 0 Å². The molecule has 0 amide bonds. The third-order valence-electron chi connectivity index (χ3n) is 2.95. The van der Waals surface area contributed by atoms with Gasteiger partial charge in [-0.2, -0.15) is 0 Å². The lowest BCUT2D eigenvalue weighted by molar-refractivity contribution is 0.261. The van der Waals surface area contributed by atoms with Crippen LogP contribution in [0.25, 0.3) is 0 Å². The Balaban J connectivity index is 2.50. The average molecular weight is 250 g/mol. The molecule has 0 fully saturated rings. The van der Waals surface area contributed by atoms with E-state index in [4.69, 9.17) is 4.74 Å². The van der Waals surface area contributed by atoms with Crippen molar-refractivity contribution in [1.29, 1.82) is 0 Å². The standard InChI is InChI=1S/C15H26N2O/c1-5-15(16-6-2)13-7-9-14(10-8-13)18-12-11-17(3)4/h7-10,15-16H,5-6,11-12H2,1-4H3. The average Bonchev–Trinajstić information content (AvgIpc) is 2.36. The van der Waals surface area contributed by atoms with Gasteiger partial charge in [0.2, 0.25) is 0 Å². The summed E-state index contributed by atoms with van der Waals surface area (Å²) in [6, 6.07) is 8.88. The van der Waals surface area contributed by atoms with Crippen LogP contribution in [0, 0.1) is 0 Å². The molecule has 3 nitrogen and oxygen atoms in total. The molecule has 0 bridgehead atoms. The summed E-state index contributed by atoms with van der Waals surface area (Å²) in [5, 5.41) is 3.48. The summed E-state index contributed by atoms with van der Waals surface area (Å²) in [6.07, 6.45) is 1.11. The van der Waals surface area contributed by atoms with Gasteiger partial charge in [0.1, 0.15) is 12.4 Å². The fraction of sp³-hybridized carbons (Fsp3) is 0.600. The van der Waals surface area contributed by atoms with E-state index in [1.165, 1.54) is 5.56 Å². The molecule has 102 valence electrons. The number of nitrogens with one attached hydrogen (secondary N) is 1. The van der Waals surface area contributed by atoms with Gasteiger partial charge in [-0.05, 0) is 44.8 Å². The van der Waals surface area contributed by atoms with E-state index in [0.29, 0.717) is 6.04 Å². The van der Waals surface area contributed by atoms with Crippen LogP contribution in [-0.2, 0) is 0 Å². The Kier molecular flexibility index (Phi) is 6.76. The Morgan fingerprint density at radius 3 is 2.33 bits per heavy atom. The normalized spacial score (nSPS) is 12.7. The molecule has 0 aliphatic rings. The lowest BCUT2D eigenvalue weighted by atomic mass is 10.0. The molecule has 1 unspecified atom stereocenters. The lowest BCUT2D eigenvalue weighted by Crippen LogP contribution is -2.20. The van der Waals surface area contributed by atoms with Crippen LogP contribution in [0.15, 0.2) is 24.3 Å². The van der Waals surface area contributed by atoms with Crippen molar-refractivity contribution in [1.82, 2.24) is 10.2 Å². The van der Waals surface area contributed by atoms with Crippen LogP contribution in [0.1, 0.15) is 31.9 Å². The highest BCUT2D eigenvalue weighted by Crippen LogP contribution is 2.20. The summed E-state index contributed by atoms with van der Waals surface area (Å²) < 4.78 is 5.68. The molecule has 0 aromatic heterocycles. The third-order valence-corrected chi connectivity index (χ3v) is 2.95. The highest BCUT2D eigenvalue weighted by Gasteiger charge is 2.07. The Labute approximate surface area is 111 Å². The van der Waals surface area contributed by atoms with Gasteiger partial charge < -0.3 is 15.0 Å². The number of hydrogen-bond donors (Lipinski definition) is 1. The van der Waals surface area contributed by atoms with Crippen molar-refractivity contribution < 1.29 is 4.74 Å². The molecule has 0 aliphatic carbocycles. The van der Waals surface area contributed by atoms with Gasteiger partial charge in [-0.15, -0.1) is 0 Å². The van der Waals surface area contributed by atoms with Crippen LogP contribution in [0.3, 0.4) is 0 Å². The Bertz CT molecular complexity index is 322. The predicted molar refractivity (Wildman–Crippen MR) is 77.2 cm³/mol. The highest BCUT2D eigenvalue weighted by atomic mass is 16.5. The quantitative estimate of drug-likeness (QED) is 0.767. The van der Waals surface area contributed by atoms with Crippen LogP contribution in [0.5, 0.6) is 5.75 Å². The minimum absolute atomic E-state index is 0.450. The Morgan fingerprint density at radius 2 is 1.83 bits per heavy atom. The molecule has 1 rings (SSSR count). The summed E-state index contributed by atoms with van der Waals surface area (Å²) >= 11 is 0. The van der Waals surface area contributed by atoms with Gasteiger partial charge in [-0.25, -0.2) is 0 Å².